The van der Waals surface area contributed by atoms with Crippen LogP contribution in [0.15, 0.2) is 60.7 Å². The molecule has 5 fully saturated rings. The number of aliphatic hydroxyl groups excluding tert-OH is 5. The Morgan fingerprint density at radius 3 is 2.49 bits per heavy atom. The van der Waals surface area contributed by atoms with Crippen molar-refractivity contribution in [1.82, 2.24) is 15.3 Å². The molecule has 298 valence electrons. The Balaban J connectivity index is 1.08. The van der Waals surface area contributed by atoms with E-state index in [-0.39, 0.29) is 45.9 Å². The lowest BCUT2D eigenvalue weighted by molar-refractivity contribution is -0.298. The first kappa shape index (κ1) is 39.4. The molecule has 4 aliphatic heterocycles. The minimum absolute atomic E-state index is 0.00722. The van der Waals surface area contributed by atoms with E-state index >= 15 is 0 Å². The summed E-state index contributed by atoms with van der Waals surface area (Å²) in [6.45, 7) is -0.789. The van der Waals surface area contributed by atoms with Crippen LogP contribution in [0.1, 0.15) is 23.1 Å². The quantitative estimate of drug-likeness (QED) is 0.117. The van der Waals surface area contributed by atoms with Crippen molar-refractivity contribution in [2.75, 3.05) is 40.2 Å². The van der Waals surface area contributed by atoms with Gasteiger partial charge in [0.05, 0.1) is 26.4 Å². The number of likely N-dealkylation sites (N-methyl/N-ethyl adjacent to an activating group) is 1. The molecule has 6 N–H and O–H groups in total. The number of nitrogens with zero attached hydrogens (tertiary/aromatic N) is 2. The van der Waals surface area contributed by atoms with Crippen LogP contribution in [-0.4, -0.2) is 161 Å². The summed E-state index contributed by atoms with van der Waals surface area (Å²) in [5.41, 5.74) is 0.888. The number of hydrogen-bond donors (Lipinski definition) is 6. The highest BCUT2D eigenvalue weighted by Crippen LogP contribution is 2.56. The second kappa shape index (κ2) is 16.7. The smallest absolute Gasteiger partial charge is 0.327 e. The highest BCUT2D eigenvalue weighted by atomic mass is 16.8. The van der Waals surface area contributed by atoms with Crippen molar-refractivity contribution < 1.29 is 68.4 Å². The molecule has 4 saturated heterocycles. The largest absolute Gasteiger partial charge is 0.458 e. The Kier molecular flexibility index (Phi) is 12.0. The van der Waals surface area contributed by atoms with Gasteiger partial charge in [-0.05, 0) is 16.7 Å². The number of amides is 2. The molecule has 2 aromatic rings. The van der Waals surface area contributed by atoms with Crippen LogP contribution in [0.3, 0.4) is 0 Å². The Morgan fingerprint density at radius 2 is 1.76 bits per heavy atom. The van der Waals surface area contributed by atoms with Crippen molar-refractivity contribution >= 4 is 23.9 Å². The SMILES string of the molecule is CN(C(=O)C12CC3OC(=O)C1N(Cc1ccc(C=CCOC4OC(CO)C(O)C(O)C4O)cc1)OC2C1OCOC31)C(Cc1ccccc1)C(=O)NCCO. The van der Waals surface area contributed by atoms with E-state index in [9.17, 15) is 39.9 Å². The zero-order chi connectivity index (χ0) is 38.9. The normalized spacial score (nSPS) is 34.6. The summed E-state index contributed by atoms with van der Waals surface area (Å²) in [5.74, 6) is -1.56. The van der Waals surface area contributed by atoms with Gasteiger partial charge in [-0.3, -0.25) is 19.2 Å². The summed E-state index contributed by atoms with van der Waals surface area (Å²) in [5, 5.41) is 53.1. The summed E-state index contributed by atoms with van der Waals surface area (Å²) < 4.78 is 28.6. The predicted molar refractivity (Wildman–Crippen MR) is 188 cm³/mol. The molecule has 17 nitrogen and oxygen atoms in total. The Labute approximate surface area is 316 Å². The second-order valence-corrected chi connectivity index (χ2v) is 14.4. The highest BCUT2D eigenvalue weighted by molar-refractivity contribution is 5.96. The maximum atomic E-state index is 15.0. The van der Waals surface area contributed by atoms with Gasteiger partial charge in [0.2, 0.25) is 11.8 Å². The molecule has 55 heavy (non-hydrogen) atoms. The van der Waals surface area contributed by atoms with Crippen LogP contribution in [0.25, 0.3) is 6.08 Å². The molecule has 12 unspecified atom stereocenters. The van der Waals surface area contributed by atoms with Crippen LogP contribution < -0.4 is 5.32 Å². The van der Waals surface area contributed by atoms with Crippen LogP contribution in [0.5, 0.6) is 0 Å². The van der Waals surface area contributed by atoms with Gasteiger partial charge >= 0.3 is 5.97 Å². The summed E-state index contributed by atoms with van der Waals surface area (Å²) in [7, 11) is 1.54. The molecule has 0 aromatic heterocycles. The average Bonchev–Trinajstić information content (AvgIpc) is 3.83. The lowest BCUT2D eigenvalue weighted by Crippen LogP contribution is -2.70. The number of ether oxygens (including phenoxy) is 5. The minimum Gasteiger partial charge on any atom is -0.458 e. The number of carbonyl (C=O) groups excluding carboxylic acids is 3. The maximum absolute atomic E-state index is 15.0. The third kappa shape index (κ3) is 7.54. The Bertz CT molecular complexity index is 1700. The molecular weight excluding hydrogens is 722 g/mol. The van der Waals surface area contributed by atoms with Crippen LogP contribution in [0.2, 0.25) is 0 Å². The first-order valence-electron chi connectivity index (χ1n) is 18.3. The number of nitrogens with one attached hydrogen (secondary N) is 1. The monoisotopic (exact) mass is 769 g/mol. The van der Waals surface area contributed by atoms with Crippen molar-refractivity contribution in [3.8, 4) is 0 Å². The number of benzene rings is 2. The number of hydroxylamine groups is 2. The van der Waals surface area contributed by atoms with Gasteiger partial charge in [-0.2, -0.15) is 5.06 Å². The van der Waals surface area contributed by atoms with E-state index in [0.717, 1.165) is 16.7 Å². The number of carbonyl (C=O) groups is 3. The zero-order valence-electron chi connectivity index (χ0n) is 30.2. The van der Waals surface area contributed by atoms with Crippen molar-refractivity contribution in [1.29, 1.82) is 0 Å². The maximum Gasteiger partial charge on any atom is 0.327 e. The van der Waals surface area contributed by atoms with Crippen molar-refractivity contribution in [3.05, 3.63) is 77.4 Å². The molecule has 5 aliphatic rings. The number of rotatable bonds is 14. The van der Waals surface area contributed by atoms with E-state index < -0.39 is 97.0 Å². The average molecular weight is 770 g/mol. The lowest BCUT2D eigenvalue weighted by Gasteiger charge is -2.50. The molecule has 2 aromatic carbocycles. The van der Waals surface area contributed by atoms with Gasteiger partial charge in [0, 0.05) is 26.4 Å². The van der Waals surface area contributed by atoms with E-state index in [1.54, 1.807) is 19.2 Å². The van der Waals surface area contributed by atoms with Crippen molar-refractivity contribution in [2.24, 2.45) is 5.41 Å². The van der Waals surface area contributed by atoms with E-state index in [1.807, 2.05) is 54.6 Å². The molecular formula is C38H47N3O14. The number of aliphatic hydroxyl groups is 5. The standard InChI is InChI=1S/C38H47N3O14/c1-40(24(34(47)39-13-14-42)16-22-6-3-2-4-7-22)37(49)38-17-25-30-31(52-20-51-30)33(38)55-41(32(38)35(48)53-25)18-23-11-9-21(10-12-23)8-5-15-50-36-29(46)28(45)27(44)26(19-43)54-36/h2-12,24-33,36,42-46H,13-20H2,1H3,(H,39,47). The summed E-state index contributed by atoms with van der Waals surface area (Å²) in [4.78, 5) is 50.4. The van der Waals surface area contributed by atoms with Gasteiger partial charge in [0.25, 0.3) is 0 Å². The number of esters is 1. The molecule has 12 atom stereocenters. The molecule has 1 aliphatic carbocycles. The lowest BCUT2D eigenvalue weighted by atomic mass is 9.62. The number of hydrogen-bond acceptors (Lipinski definition) is 15. The molecule has 0 radical (unpaired) electrons. The molecule has 17 heteroatoms. The first-order valence-corrected chi connectivity index (χ1v) is 18.3. The third-order valence-corrected chi connectivity index (χ3v) is 11.1. The summed E-state index contributed by atoms with van der Waals surface area (Å²) in [6.07, 6.45) is -6.17. The van der Waals surface area contributed by atoms with E-state index in [0.29, 0.717) is 0 Å². The van der Waals surface area contributed by atoms with Gasteiger partial charge in [-0.25, -0.2) is 0 Å². The van der Waals surface area contributed by atoms with E-state index in [4.69, 9.17) is 28.5 Å². The van der Waals surface area contributed by atoms with Gasteiger partial charge < -0.3 is 59.4 Å². The molecule has 7 rings (SSSR count). The molecule has 4 heterocycles. The van der Waals surface area contributed by atoms with Crippen LogP contribution in [0, 0.1) is 5.41 Å². The van der Waals surface area contributed by atoms with E-state index in [1.165, 1.54) is 9.96 Å². The fraction of sp³-hybridized carbons (Fsp3) is 0.553. The Morgan fingerprint density at radius 1 is 1.02 bits per heavy atom. The van der Waals surface area contributed by atoms with Crippen LogP contribution in [0.4, 0.5) is 0 Å². The van der Waals surface area contributed by atoms with Crippen molar-refractivity contribution in [3.63, 3.8) is 0 Å². The topological polar surface area (TPSA) is 226 Å². The molecule has 0 spiro atoms. The Hall–Kier alpha value is -3.85. The fourth-order valence-electron chi connectivity index (χ4n) is 8.28. The zero-order valence-corrected chi connectivity index (χ0v) is 30.2. The second-order valence-electron chi connectivity index (χ2n) is 14.4. The minimum atomic E-state index is -1.54. The third-order valence-electron chi connectivity index (χ3n) is 11.1. The summed E-state index contributed by atoms with van der Waals surface area (Å²) >= 11 is 0. The number of fused-ring (bicyclic) bond motifs is 4. The van der Waals surface area contributed by atoms with Gasteiger partial charge in [-0.15, -0.1) is 0 Å². The molecule has 2 bridgehead atoms. The predicted octanol–water partition coefficient (Wildman–Crippen LogP) is -1.76. The molecule has 1 saturated carbocycles. The first-order chi connectivity index (χ1) is 26.6. The van der Waals surface area contributed by atoms with Gasteiger partial charge in [0.15, 0.2) is 12.3 Å². The van der Waals surface area contributed by atoms with Gasteiger partial charge in [-0.1, -0.05) is 66.7 Å². The fourth-order valence-corrected chi connectivity index (χ4v) is 8.28. The van der Waals surface area contributed by atoms with Gasteiger partial charge in [0.1, 0.15) is 67.1 Å². The van der Waals surface area contributed by atoms with Crippen LogP contribution in [-0.2, 0) is 55.9 Å². The van der Waals surface area contributed by atoms with Crippen LogP contribution >= 0.6 is 0 Å². The summed E-state index contributed by atoms with van der Waals surface area (Å²) in [6, 6.07) is 14.5. The highest BCUT2D eigenvalue weighted by Gasteiger charge is 2.75. The van der Waals surface area contributed by atoms with E-state index in [2.05, 4.69) is 5.32 Å². The molecule has 2 amide bonds. The van der Waals surface area contributed by atoms with Crippen molar-refractivity contribution in [2.45, 2.75) is 86.6 Å².